The van der Waals surface area contributed by atoms with Crippen molar-refractivity contribution < 1.29 is 18.7 Å². The first-order chi connectivity index (χ1) is 7.50. The van der Waals surface area contributed by atoms with Crippen molar-refractivity contribution in [2.75, 3.05) is 0 Å². The van der Waals surface area contributed by atoms with Gasteiger partial charge in [-0.3, -0.25) is 0 Å². The van der Waals surface area contributed by atoms with Crippen LogP contribution in [0, 0.1) is 6.92 Å². The van der Waals surface area contributed by atoms with Gasteiger partial charge in [-0.2, -0.15) is 0 Å². The predicted octanol–water partition coefficient (Wildman–Crippen LogP) is 2.28. The van der Waals surface area contributed by atoms with Crippen molar-refractivity contribution in [3.63, 3.8) is 0 Å². The number of alkyl halides is 2. The second-order valence-corrected chi connectivity index (χ2v) is 3.33. The summed E-state index contributed by atoms with van der Waals surface area (Å²) in [6.45, 7) is 1.61. The molecule has 0 bridgehead atoms. The van der Waals surface area contributed by atoms with Crippen molar-refractivity contribution in [2.45, 2.75) is 13.3 Å². The molecule has 1 N–H and O–H groups in total. The van der Waals surface area contributed by atoms with Gasteiger partial charge in [-0.15, -0.1) is 0 Å². The summed E-state index contributed by atoms with van der Waals surface area (Å²) in [5.41, 5.74) is -0.238. The number of pyridine rings is 1. The van der Waals surface area contributed by atoms with E-state index in [9.17, 15) is 13.6 Å². The lowest BCUT2D eigenvalue weighted by atomic mass is 10.2. The number of carboxylic acids is 1. The Morgan fingerprint density at radius 1 is 1.56 bits per heavy atom. The maximum atomic E-state index is 12.5. The molecular weight excluding hydrogens is 218 g/mol. The number of hydrogen-bond donors (Lipinski definition) is 1. The molecule has 16 heavy (non-hydrogen) atoms. The summed E-state index contributed by atoms with van der Waals surface area (Å²) < 4.78 is 26.4. The van der Waals surface area contributed by atoms with Gasteiger partial charge in [0.15, 0.2) is 5.69 Å². The molecule has 0 radical (unpaired) electrons. The van der Waals surface area contributed by atoms with E-state index in [4.69, 9.17) is 5.11 Å². The average Bonchev–Trinajstić information content (AvgIpc) is 2.56. The number of hydrogen-bond acceptors (Lipinski definition) is 2. The lowest BCUT2D eigenvalue weighted by molar-refractivity contribution is 0.0693. The average molecular weight is 226 g/mol. The maximum absolute atomic E-state index is 12.5. The van der Waals surface area contributed by atoms with Crippen LogP contribution in [0.3, 0.4) is 0 Å². The van der Waals surface area contributed by atoms with Crippen LogP contribution in [0.2, 0.25) is 0 Å². The fraction of sp³-hybridized carbons (Fsp3) is 0.200. The molecule has 2 aromatic heterocycles. The molecule has 6 heteroatoms. The number of nitrogens with zero attached hydrogens (tertiary/aromatic N) is 2. The number of carbonyl (C=O) groups is 1. The SMILES string of the molecule is Cc1nc(C(=O)O)c2cc(C(F)F)ccn12. The molecular formula is C10H8F2N2O2. The largest absolute Gasteiger partial charge is 0.476 e. The van der Waals surface area contributed by atoms with E-state index in [0.717, 1.165) is 6.07 Å². The Kier molecular flexibility index (Phi) is 2.34. The zero-order valence-electron chi connectivity index (χ0n) is 8.32. The normalized spacial score (nSPS) is 11.2. The molecule has 0 aliphatic carbocycles. The van der Waals surface area contributed by atoms with Crippen LogP contribution >= 0.6 is 0 Å². The van der Waals surface area contributed by atoms with Gasteiger partial charge in [0.25, 0.3) is 6.43 Å². The van der Waals surface area contributed by atoms with Gasteiger partial charge in [-0.1, -0.05) is 0 Å². The molecule has 0 unspecified atom stereocenters. The third-order valence-corrected chi connectivity index (χ3v) is 2.30. The van der Waals surface area contributed by atoms with Crippen molar-refractivity contribution in [3.8, 4) is 0 Å². The second kappa shape index (κ2) is 3.55. The van der Waals surface area contributed by atoms with Gasteiger partial charge in [0, 0.05) is 11.8 Å². The number of aromatic carboxylic acids is 1. The molecule has 0 aromatic carbocycles. The van der Waals surface area contributed by atoms with Crippen LogP contribution in [0.5, 0.6) is 0 Å². The maximum Gasteiger partial charge on any atom is 0.356 e. The van der Waals surface area contributed by atoms with Crippen LogP contribution in [0.15, 0.2) is 18.3 Å². The highest BCUT2D eigenvalue weighted by molar-refractivity contribution is 5.93. The second-order valence-electron chi connectivity index (χ2n) is 3.33. The van der Waals surface area contributed by atoms with E-state index in [1.54, 1.807) is 6.92 Å². The van der Waals surface area contributed by atoms with Gasteiger partial charge >= 0.3 is 5.97 Å². The highest BCUT2D eigenvalue weighted by Crippen LogP contribution is 2.22. The number of carboxylic acid groups (broad SMARTS) is 1. The highest BCUT2D eigenvalue weighted by atomic mass is 19.3. The van der Waals surface area contributed by atoms with Gasteiger partial charge in [-0.25, -0.2) is 18.6 Å². The van der Waals surface area contributed by atoms with Gasteiger partial charge in [0.1, 0.15) is 5.82 Å². The molecule has 4 nitrogen and oxygen atoms in total. The molecule has 0 fully saturated rings. The summed E-state index contributed by atoms with van der Waals surface area (Å²) in [4.78, 5) is 14.7. The molecule has 0 saturated heterocycles. The summed E-state index contributed by atoms with van der Waals surface area (Å²) in [6.07, 6.45) is -1.23. The number of halogens is 2. The Morgan fingerprint density at radius 2 is 2.25 bits per heavy atom. The summed E-state index contributed by atoms with van der Waals surface area (Å²) in [6, 6.07) is 2.39. The molecule has 0 atom stereocenters. The zero-order valence-corrected chi connectivity index (χ0v) is 8.32. The van der Waals surface area contributed by atoms with Crippen LogP contribution in [0.1, 0.15) is 28.3 Å². The monoisotopic (exact) mass is 226 g/mol. The molecule has 2 heterocycles. The van der Waals surface area contributed by atoms with Crippen LogP contribution in [0.25, 0.3) is 5.52 Å². The number of fused-ring (bicyclic) bond motifs is 1. The third-order valence-electron chi connectivity index (χ3n) is 2.30. The fourth-order valence-electron chi connectivity index (χ4n) is 1.55. The van der Waals surface area contributed by atoms with Gasteiger partial charge in [0.2, 0.25) is 0 Å². The molecule has 0 saturated carbocycles. The first-order valence-electron chi connectivity index (χ1n) is 4.50. The fourth-order valence-corrected chi connectivity index (χ4v) is 1.55. The Labute approximate surface area is 89.2 Å². The molecule has 2 aromatic rings. The van der Waals surface area contributed by atoms with E-state index in [0.29, 0.717) is 5.82 Å². The van der Waals surface area contributed by atoms with Crippen LogP contribution in [-0.4, -0.2) is 20.5 Å². The number of imidazole rings is 1. The van der Waals surface area contributed by atoms with Gasteiger partial charge in [0.05, 0.1) is 5.52 Å². The lowest BCUT2D eigenvalue weighted by Crippen LogP contribution is -1.98. The van der Waals surface area contributed by atoms with E-state index in [1.807, 2.05) is 0 Å². The minimum Gasteiger partial charge on any atom is -0.476 e. The van der Waals surface area contributed by atoms with Crippen molar-refractivity contribution >= 4 is 11.5 Å². The van der Waals surface area contributed by atoms with Crippen molar-refractivity contribution in [1.29, 1.82) is 0 Å². The Morgan fingerprint density at radius 3 is 2.81 bits per heavy atom. The molecule has 0 aliphatic rings. The third kappa shape index (κ3) is 1.52. The Hall–Kier alpha value is -1.98. The number of aromatic nitrogens is 2. The zero-order chi connectivity index (χ0) is 11.9. The lowest BCUT2D eigenvalue weighted by Gasteiger charge is -2.01. The first kappa shape index (κ1) is 10.5. The Balaban J connectivity index is 2.74. The van der Waals surface area contributed by atoms with E-state index in [1.165, 1.54) is 16.7 Å². The van der Waals surface area contributed by atoms with Crippen molar-refractivity contribution in [3.05, 3.63) is 35.4 Å². The minimum atomic E-state index is -2.62. The molecule has 0 amide bonds. The van der Waals surface area contributed by atoms with Gasteiger partial charge < -0.3 is 9.51 Å². The standard InChI is InChI=1S/C10H8F2N2O2/c1-5-13-8(10(15)16)7-4-6(9(11)12)2-3-14(5)7/h2-4,9H,1H3,(H,15,16). The van der Waals surface area contributed by atoms with Crippen LogP contribution in [0.4, 0.5) is 8.78 Å². The van der Waals surface area contributed by atoms with E-state index in [2.05, 4.69) is 4.98 Å². The summed E-state index contributed by atoms with van der Waals surface area (Å²) in [5, 5.41) is 8.86. The summed E-state index contributed by atoms with van der Waals surface area (Å²) in [7, 11) is 0. The highest BCUT2D eigenvalue weighted by Gasteiger charge is 2.16. The number of rotatable bonds is 2. The van der Waals surface area contributed by atoms with E-state index in [-0.39, 0.29) is 16.8 Å². The van der Waals surface area contributed by atoms with Gasteiger partial charge in [-0.05, 0) is 19.1 Å². The summed E-state index contributed by atoms with van der Waals surface area (Å²) >= 11 is 0. The minimum absolute atomic E-state index is 0.183. The molecule has 0 aliphatic heterocycles. The van der Waals surface area contributed by atoms with Crippen molar-refractivity contribution in [2.24, 2.45) is 0 Å². The van der Waals surface area contributed by atoms with E-state index < -0.39 is 12.4 Å². The van der Waals surface area contributed by atoms with Crippen molar-refractivity contribution in [1.82, 2.24) is 9.38 Å². The molecule has 2 rings (SSSR count). The molecule has 84 valence electrons. The van der Waals surface area contributed by atoms with Crippen LogP contribution < -0.4 is 0 Å². The summed E-state index contributed by atoms with van der Waals surface area (Å²) in [5.74, 6) is -0.773. The molecule has 0 spiro atoms. The van der Waals surface area contributed by atoms with E-state index >= 15 is 0 Å². The smallest absolute Gasteiger partial charge is 0.356 e. The van der Waals surface area contributed by atoms with Crippen LogP contribution in [-0.2, 0) is 0 Å². The number of aryl methyl sites for hydroxylation is 1. The predicted molar refractivity (Wildman–Crippen MR) is 51.8 cm³/mol. The Bertz CT molecular complexity index is 563. The topological polar surface area (TPSA) is 54.6 Å². The first-order valence-corrected chi connectivity index (χ1v) is 4.50. The quantitative estimate of drug-likeness (QED) is 0.854.